The molecule has 0 nitrogen and oxygen atoms in total. The van der Waals surface area contributed by atoms with E-state index in [4.69, 9.17) is 0 Å². The third-order valence-corrected chi connectivity index (χ3v) is 4.19. The topological polar surface area (TPSA) is 0 Å². The van der Waals surface area contributed by atoms with Gasteiger partial charge >= 0.3 is 0 Å². The van der Waals surface area contributed by atoms with Gasteiger partial charge in [-0.15, -0.1) is 11.3 Å². The van der Waals surface area contributed by atoms with Gasteiger partial charge in [0.15, 0.2) is 0 Å². The normalized spacial score (nSPS) is 11.9. The highest BCUT2D eigenvalue weighted by Crippen LogP contribution is 2.03. The predicted molar refractivity (Wildman–Crippen MR) is 46.1 cm³/mol. The van der Waals surface area contributed by atoms with Crippen molar-refractivity contribution in [2.75, 3.05) is 0 Å². The predicted octanol–water partition coefficient (Wildman–Crippen LogP) is 2.09. The fourth-order valence-corrected chi connectivity index (χ4v) is 3.28. The van der Waals surface area contributed by atoms with Crippen LogP contribution in [0.25, 0.3) is 0 Å². The van der Waals surface area contributed by atoms with Gasteiger partial charge in [0.2, 0.25) is 0 Å². The highest BCUT2D eigenvalue weighted by Gasteiger charge is 2.15. The maximum atomic E-state index is 3.11. The second kappa shape index (κ2) is 2.27. The summed E-state index contributed by atoms with van der Waals surface area (Å²) in [5.74, 6) is 0. The molecule has 0 aliphatic rings. The van der Waals surface area contributed by atoms with Crippen molar-refractivity contribution in [1.29, 1.82) is 0 Å². The second-order valence-electron chi connectivity index (χ2n) is 3.20. The molecule has 1 aromatic rings. The molecule has 0 saturated carbocycles. The first kappa shape index (κ1) is 7.03. The molecule has 0 atom stereocenters. The summed E-state index contributed by atoms with van der Waals surface area (Å²) in [6.45, 7) is 7.05. The first-order valence-electron chi connectivity index (χ1n) is 3.06. The minimum Gasteiger partial charge on any atom is -0.143 e. The maximum Gasteiger partial charge on any atom is 0.0787 e. The van der Waals surface area contributed by atoms with E-state index >= 15 is 0 Å². The standard InChI is InChI=1S/C7H11SSi/c1-9(2,3)7-4-5-8-6-7/h4,6H,1-3H3. The number of rotatable bonds is 1. The lowest BCUT2D eigenvalue weighted by molar-refractivity contribution is 1.76. The van der Waals surface area contributed by atoms with Gasteiger partial charge in [-0.2, -0.15) is 0 Å². The van der Waals surface area contributed by atoms with Gasteiger partial charge in [0.25, 0.3) is 0 Å². The van der Waals surface area contributed by atoms with Crippen LogP contribution in [-0.2, 0) is 0 Å². The molecule has 1 rings (SSSR count). The van der Waals surface area contributed by atoms with E-state index in [1.807, 2.05) is 0 Å². The molecule has 0 bridgehead atoms. The van der Waals surface area contributed by atoms with Crippen LogP contribution in [-0.4, -0.2) is 8.07 Å². The highest BCUT2D eigenvalue weighted by atomic mass is 32.1. The zero-order chi connectivity index (χ0) is 6.91. The summed E-state index contributed by atoms with van der Waals surface area (Å²) < 4.78 is 0. The van der Waals surface area contributed by atoms with E-state index in [1.54, 1.807) is 11.3 Å². The number of hydrogen-bond acceptors (Lipinski definition) is 1. The van der Waals surface area contributed by atoms with Crippen molar-refractivity contribution in [2.24, 2.45) is 0 Å². The van der Waals surface area contributed by atoms with Gasteiger partial charge in [-0.25, -0.2) is 0 Å². The molecule has 9 heavy (non-hydrogen) atoms. The minimum absolute atomic E-state index is 1.00. The van der Waals surface area contributed by atoms with Gasteiger partial charge in [0.05, 0.1) is 8.07 Å². The lowest BCUT2D eigenvalue weighted by atomic mass is 10.7. The second-order valence-corrected chi connectivity index (χ2v) is 8.99. The molecule has 1 radical (unpaired) electrons. The van der Waals surface area contributed by atoms with Gasteiger partial charge in [0.1, 0.15) is 0 Å². The van der Waals surface area contributed by atoms with Gasteiger partial charge < -0.3 is 0 Å². The van der Waals surface area contributed by atoms with Crippen molar-refractivity contribution >= 4 is 24.6 Å². The van der Waals surface area contributed by atoms with Crippen molar-refractivity contribution in [1.82, 2.24) is 0 Å². The SMILES string of the molecule is C[Si](C)(C)c1c[c]sc1. The first-order chi connectivity index (χ1) is 4.11. The van der Waals surface area contributed by atoms with Crippen LogP contribution in [0.5, 0.6) is 0 Å². The van der Waals surface area contributed by atoms with Crippen molar-refractivity contribution in [2.45, 2.75) is 19.6 Å². The molecule has 1 heterocycles. The van der Waals surface area contributed by atoms with Crippen LogP contribution in [0, 0.1) is 5.38 Å². The van der Waals surface area contributed by atoms with E-state index in [1.165, 1.54) is 5.19 Å². The summed E-state index contributed by atoms with van der Waals surface area (Å²) in [5.41, 5.74) is 0. The summed E-state index contributed by atoms with van der Waals surface area (Å²) in [7, 11) is -1.00. The molecule has 0 fully saturated rings. The van der Waals surface area contributed by atoms with E-state index in [9.17, 15) is 0 Å². The van der Waals surface area contributed by atoms with Crippen molar-refractivity contribution in [3.05, 3.63) is 16.8 Å². The fourth-order valence-electron chi connectivity index (χ4n) is 0.622. The molecule has 0 aromatic carbocycles. The minimum atomic E-state index is -1.00. The summed E-state index contributed by atoms with van der Waals surface area (Å²) in [6, 6.07) is 2.12. The molecule has 0 spiro atoms. The molecule has 2 heteroatoms. The Balaban J connectivity index is 2.90. The number of hydrogen-bond donors (Lipinski definition) is 0. The van der Waals surface area contributed by atoms with Gasteiger partial charge in [-0.05, 0) is 16.6 Å². The zero-order valence-electron chi connectivity index (χ0n) is 6.06. The van der Waals surface area contributed by atoms with Gasteiger partial charge in [0, 0.05) is 5.38 Å². The van der Waals surface area contributed by atoms with Crippen LogP contribution in [0.1, 0.15) is 0 Å². The Morgan fingerprint density at radius 3 is 2.33 bits per heavy atom. The molecule has 0 saturated heterocycles. The average molecular weight is 155 g/mol. The zero-order valence-corrected chi connectivity index (χ0v) is 7.88. The summed E-state index contributed by atoms with van der Waals surface area (Å²) >= 11 is 1.68. The van der Waals surface area contributed by atoms with Crippen molar-refractivity contribution in [3.8, 4) is 0 Å². The van der Waals surface area contributed by atoms with E-state index in [2.05, 4.69) is 36.5 Å². The van der Waals surface area contributed by atoms with E-state index in [0.29, 0.717) is 0 Å². The van der Waals surface area contributed by atoms with E-state index in [-0.39, 0.29) is 0 Å². The van der Waals surface area contributed by atoms with E-state index < -0.39 is 8.07 Å². The monoisotopic (exact) mass is 155 g/mol. The molecular weight excluding hydrogens is 144 g/mol. The summed E-state index contributed by atoms with van der Waals surface area (Å²) in [4.78, 5) is 0. The molecular formula is C7H11SSi. The summed E-state index contributed by atoms with van der Waals surface area (Å²) in [6.07, 6.45) is 0. The molecule has 0 N–H and O–H groups in total. The number of thiophene rings is 1. The van der Waals surface area contributed by atoms with Crippen LogP contribution in [0.2, 0.25) is 19.6 Å². The Kier molecular flexibility index (Phi) is 1.77. The fraction of sp³-hybridized carbons (Fsp3) is 0.429. The van der Waals surface area contributed by atoms with Crippen LogP contribution >= 0.6 is 11.3 Å². The van der Waals surface area contributed by atoms with Crippen LogP contribution in [0.4, 0.5) is 0 Å². The molecule has 0 unspecified atom stereocenters. The van der Waals surface area contributed by atoms with Crippen LogP contribution in [0.15, 0.2) is 11.4 Å². The molecule has 0 amide bonds. The van der Waals surface area contributed by atoms with Crippen LogP contribution < -0.4 is 5.19 Å². The Bertz CT molecular complexity index is 171. The van der Waals surface area contributed by atoms with Crippen molar-refractivity contribution in [3.63, 3.8) is 0 Å². The van der Waals surface area contributed by atoms with Gasteiger partial charge in [-0.1, -0.05) is 19.6 Å². The molecule has 49 valence electrons. The molecule has 1 aromatic heterocycles. The quantitative estimate of drug-likeness (QED) is 0.545. The Labute approximate surface area is 61.5 Å². The molecule has 0 aliphatic heterocycles. The lowest BCUT2D eigenvalue weighted by Gasteiger charge is -2.12. The Hall–Kier alpha value is -0.0831. The third-order valence-electron chi connectivity index (χ3n) is 1.33. The lowest BCUT2D eigenvalue weighted by Crippen LogP contribution is -2.35. The largest absolute Gasteiger partial charge is 0.143 e. The third kappa shape index (κ3) is 1.66. The Morgan fingerprint density at radius 2 is 2.11 bits per heavy atom. The van der Waals surface area contributed by atoms with Gasteiger partial charge in [-0.3, -0.25) is 0 Å². The average Bonchev–Trinajstić information content (AvgIpc) is 2.08. The Morgan fingerprint density at radius 1 is 1.44 bits per heavy atom. The summed E-state index contributed by atoms with van der Waals surface area (Å²) in [5, 5.41) is 6.85. The van der Waals surface area contributed by atoms with E-state index in [0.717, 1.165) is 0 Å². The maximum absolute atomic E-state index is 3.11. The smallest absolute Gasteiger partial charge is 0.0787 e. The van der Waals surface area contributed by atoms with Crippen LogP contribution in [0.3, 0.4) is 0 Å². The highest BCUT2D eigenvalue weighted by molar-refractivity contribution is 7.09. The van der Waals surface area contributed by atoms with Crippen molar-refractivity contribution < 1.29 is 0 Å². The molecule has 0 aliphatic carbocycles. The first-order valence-corrected chi connectivity index (χ1v) is 7.44.